The number of benzene rings is 1. The van der Waals surface area contributed by atoms with Gasteiger partial charge < -0.3 is 0 Å². The molecule has 1 heteroatoms. The molecule has 1 aromatic carbocycles. The van der Waals surface area contributed by atoms with Crippen LogP contribution in [0.15, 0.2) is 30.3 Å². The van der Waals surface area contributed by atoms with Crippen molar-refractivity contribution in [1.29, 1.82) is 0 Å². The summed E-state index contributed by atoms with van der Waals surface area (Å²) in [6.45, 7) is 4.70. The lowest BCUT2D eigenvalue weighted by Crippen LogP contribution is -2.23. The molecular formula is C12H16N. The average Bonchev–Trinajstić information content (AvgIpc) is 2.71. The van der Waals surface area contributed by atoms with E-state index in [1.54, 1.807) is 0 Å². The predicted octanol–water partition coefficient (Wildman–Crippen LogP) is 2.68. The second kappa shape index (κ2) is 3.93. The Kier molecular flexibility index (Phi) is 2.65. The van der Waals surface area contributed by atoms with E-state index in [9.17, 15) is 0 Å². The van der Waals surface area contributed by atoms with Crippen molar-refractivity contribution in [2.24, 2.45) is 0 Å². The van der Waals surface area contributed by atoms with Gasteiger partial charge in [-0.05, 0) is 38.4 Å². The molecule has 1 saturated heterocycles. The van der Waals surface area contributed by atoms with Crippen LogP contribution in [0.2, 0.25) is 0 Å². The largest absolute Gasteiger partial charge is 0.292 e. The van der Waals surface area contributed by atoms with E-state index >= 15 is 0 Å². The molecule has 0 aliphatic carbocycles. The van der Waals surface area contributed by atoms with Crippen LogP contribution >= 0.6 is 0 Å². The molecule has 1 aromatic rings. The number of rotatable bonds is 2. The molecule has 1 heterocycles. The highest BCUT2D eigenvalue weighted by Gasteiger charge is 2.19. The number of hydrogen-bond donors (Lipinski definition) is 0. The summed E-state index contributed by atoms with van der Waals surface area (Å²) in [6, 6.07) is 12.1. The lowest BCUT2D eigenvalue weighted by molar-refractivity contribution is 0.374. The third-order valence-corrected chi connectivity index (χ3v) is 2.77. The quantitative estimate of drug-likeness (QED) is 0.666. The van der Waals surface area contributed by atoms with E-state index in [0.29, 0.717) is 0 Å². The fourth-order valence-corrected chi connectivity index (χ4v) is 1.91. The van der Waals surface area contributed by atoms with Crippen LogP contribution in [-0.4, -0.2) is 18.0 Å². The zero-order chi connectivity index (χ0) is 9.10. The first kappa shape index (κ1) is 8.76. The molecule has 1 radical (unpaired) electrons. The molecule has 1 aliphatic rings. The molecule has 1 fully saturated rings. The molecule has 0 unspecified atom stereocenters. The third-order valence-electron chi connectivity index (χ3n) is 2.77. The van der Waals surface area contributed by atoms with Crippen molar-refractivity contribution in [1.82, 2.24) is 4.90 Å². The van der Waals surface area contributed by atoms with E-state index in [4.69, 9.17) is 0 Å². The van der Waals surface area contributed by atoms with Crippen molar-refractivity contribution in [3.8, 4) is 0 Å². The SMILES string of the molecule is C[C](c1ccccc1)N1CCCC1. The monoisotopic (exact) mass is 174 g/mol. The standard InChI is InChI=1S/C12H16N/c1-11(13-9-5-6-10-13)12-7-3-2-4-8-12/h2-4,7-8H,5-6,9-10H2,1H3. The zero-order valence-corrected chi connectivity index (χ0v) is 8.16. The Morgan fingerprint density at radius 1 is 1.08 bits per heavy atom. The third kappa shape index (κ3) is 1.92. The summed E-state index contributed by atoms with van der Waals surface area (Å²) in [4.78, 5) is 2.48. The summed E-state index contributed by atoms with van der Waals surface area (Å²) < 4.78 is 0. The molecule has 1 nitrogen and oxygen atoms in total. The Hall–Kier alpha value is -0.820. The Balaban J connectivity index is 2.08. The Labute approximate surface area is 80.4 Å². The van der Waals surface area contributed by atoms with Gasteiger partial charge in [0.1, 0.15) is 0 Å². The molecule has 0 N–H and O–H groups in total. The summed E-state index contributed by atoms with van der Waals surface area (Å²) in [5, 5.41) is 0. The van der Waals surface area contributed by atoms with E-state index < -0.39 is 0 Å². The van der Waals surface area contributed by atoms with E-state index in [1.165, 1.54) is 37.5 Å². The molecule has 0 bridgehead atoms. The minimum absolute atomic E-state index is 1.24. The maximum Gasteiger partial charge on any atom is 0.0657 e. The minimum atomic E-state index is 1.24. The zero-order valence-electron chi connectivity index (χ0n) is 8.16. The lowest BCUT2D eigenvalue weighted by atomic mass is 10.1. The molecule has 0 aromatic heterocycles. The Bertz CT molecular complexity index is 249. The Morgan fingerprint density at radius 3 is 2.31 bits per heavy atom. The summed E-state index contributed by atoms with van der Waals surface area (Å²) in [6.07, 6.45) is 2.70. The highest BCUT2D eigenvalue weighted by atomic mass is 15.2. The summed E-state index contributed by atoms with van der Waals surface area (Å²) in [5.41, 5.74) is 1.37. The molecule has 1 aliphatic heterocycles. The van der Waals surface area contributed by atoms with E-state index in [0.717, 1.165) is 0 Å². The van der Waals surface area contributed by atoms with Gasteiger partial charge in [0.25, 0.3) is 0 Å². The first-order valence-corrected chi connectivity index (χ1v) is 5.02. The normalized spacial score (nSPS) is 18.3. The van der Waals surface area contributed by atoms with Gasteiger partial charge in [0.2, 0.25) is 0 Å². The summed E-state index contributed by atoms with van der Waals surface area (Å²) in [5.74, 6) is 0. The number of nitrogens with zero attached hydrogens (tertiary/aromatic N) is 1. The maximum atomic E-state index is 2.48. The molecule has 0 atom stereocenters. The van der Waals surface area contributed by atoms with E-state index in [2.05, 4.69) is 42.2 Å². The second-order valence-corrected chi connectivity index (χ2v) is 3.65. The van der Waals surface area contributed by atoms with Crippen molar-refractivity contribution in [3.63, 3.8) is 0 Å². The van der Waals surface area contributed by atoms with Crippen molar-refractivity contribution in [2.75, 3.05) is 13.1 Å². The van der Waals surface area contributed by atoms with Crippen LogP contribution < -0.4 is 0 Å². The first-order chi connectivity index (χ1) is 6.38. The molecule has 13 heavy (non-hydrogen) atoms. The maximum absolute atomic E-state index is 2.48. The molecule has 0 saturated carbocycles. The van der Waals surface area contributed by atoms with E-state index in [1.807, 2.05) is 0 Å². The van der Waals surface area contributed by atoms with Crippen LogP contribution in [-0.2, 0) is 0 Å². The minimum Gasteiger partial charge on any atom is -0.292 e. The Morgan fingerprint density at radius 2 is 1.69 bits per heavy atom. The van der Waals surface area contributed by atoms with Crippen molar-refractivity contribution < 1.29 is 0 Å². The number of likely N-dealkylation sites (tertiary alicyclic amines) is 1. The van der Waals surface area contributed by atoms with Crippen molar-refractivity contribution >= 4 is 0 Å². The second-order valence-electron chi connectivity index (χ2n) is 3.65. The van der Waals surface area contributed by atoms with Gasteiger partial charge in [-0.2, -0.15) is 0 Å². The highest BCUT2D eigenvalue weighted by molar-refractivity contribution is 5.28. The fourth-order valence-electron chi connectivity index (χ4n) is 1.91. The van der Waals surface area contributed by atoms with Gasteiger partial charge in [0, 0.05) is 0 Å². The van der Waals surface area contributed by atoms with E-state index in [-0.39, 0.29) is 0 Å². The van der Waals surface area contributed by atoms with Crippen LogP contribution in [0.3, 0.4) is 0 Å². The van der Waals surface area contributed by atoms with Gasteiger partial charge in [-0.15, -0.1) is 0 Å². The van der Waals surface area contributed by atoms with Gasteiger partial charge in [-0.1, -0.05) is 30.3 Å². The van der Waals surface area contributed by atoms with Crippen molar-refractivity contribution in [2.45, 2.75) is 19.8 Å². The van der Waals surface area contributed by atoms with Crippen LogP contribution in [0.25, 0.3) is 0 Å². The molecule has 0 amide bonds. The summed E-state index contributed by atoms with van der Waals surface area (Å²) >= 11 is 0. The smallest absolute Gasteiger partial charge is 0.0657 e. The van der Waals surface area contributed by atoms with Crippen molar-refractivity contribution in [3.05, 3.63) is 41.9 Å². The average molecular weight is 174 g/mol. The molecular weight excluding hydrogens is 158 g/mol. The van der Waals surface area contributed by atoms with Gasteiger partial charge in [-0.3, -0.25) is 4.90 Å². The van der Waals surface area contributed by atoms with Gasteiger partial charge in [-0.25, -0.2) is 0 Å². The van der Waals surface area contributed by atoms with Gasteiger partial charge in [0.05, 0.1) is 6.04 Å². The van der Waals surface area contributed by atoms with Gasteiger partial charge in [0.15, 0.2) is 0 Å². The lowest BCUT2D eigenvalue weighted by Gasteiger charge is -2.22. The predicted molar refractivity (Wildman–Crippen MR) is 55.3 cm³/mol. The van der Waals surface area contributed by atoms with Gasteiger partial charge >= 0.3 is 0 Å². The fraction of sp³-hybridized carbons (Fsp3) is 0.417. The van der Waals surface area contributed by atoms with Crippen LogP contribution in [0.5, 0.6) is 0 Å². The topological polar surface area (TPSA) is 3.24 Å². The highest BCUT2D eigenvalue weighted by Crippen LogP contribution is 2.22. The summed E-state index contributed by atoms with van der Waals surface area (Å²) in [7, 11) is 0. The van der Waals surface area contributed by atoms with Crippen LogP contribution in [0, 0.1) is 6.04 Å². The van der Waals surface area contributed by atoms with Crippen LogP contribution in [0.1, 0.15) is 25.3 Å². The molecule has 69 valence electrons. The van der Waals surface area contributed by atoms with Crippen LogP contribution in [0.4, 0.5) is 0 Å². The molecule has 0 spiro atoms. The first-order valence-electron chi connectivity index (χ1n) is 5.02. The molecule has 2 rings (SSSR count). The number of hydrogen-bond acceptors (Lipinski definition) is 1.